The number of benzene rings is 3. The average molecular weight is 531 g/mol. The molecular formula is C28H26N4O7. The van der Waals surface area contributed by atoms with Crippen molar-refractivity contribution in [2.75, 3.05) is 18.1 Å². The summed E-state index contributed by atoms with van der Waals surface area (Å²) in [6, 6.07) is 22.7. The number of amides is 1. The third-order valence-corrected chi connectivity index (χ3v) is 6.11. The maximum atomic E-state index is 12.4. The van der Waals surface area contributed by atoms with E-state index in [0.717, 1.165) is 11.1 Å². The van der Waals surface area contributed by atoms with Gasteiger partial charge in [-0.2, -0.15) is 0 Å². The molecule has 2 heterocycles. The SMILES string of the molecule is NC(Cc1ccc(OCC2CN(c3ccc(-c4noc(=O)[nH]4)cc3)C(=O)O2)cc1)C(=O)OCc1ccccc1. The van der Waals surface area contributed by atoms with E-state index in [9.17, 15) is 14.4 Å². The molecule has 11 nitrogen and oxygen atoms in total. The zero-order valence-corrected chi connectivity index (χ0v) is 20.8. The van der Waals surface area contributed by atoms with Gasteiger partial charge in [-0.3, -0.25) is 19.2 Å². The van der Waals surface area contributed by atoms with Crippen molar-refractivity contribution in [1.29, 1.82) is 0 Å². The highest BCUT2D eigenvalue weighted by Gasteiger charge is 2.33. The van der Waals surface area contributed by atoms with Gasteiger partial charge in [-0.05, 0) is 53.9 Å². The van der Waals surface area contributed by atoms with Gasteiger partial charge in [-0.25, -0.2) is 9.59 Å². The Morgan fingerprint density at radius 3 is 2.46 bits per heavy atom. The Morgan fingerprint density at radius 2 is 1.77 bits per heavy atom. The molecule has 1 fully saturated rings. The van der Waals surface area contributed by atoms with Crippen LogP contribution in [0.4, 0.5) is 10.5 Å². The van der Waals surface area contributed by atoms with Gasteiger partial charge in [0.15, 0.2) is 11.9 Å². The fourth-order valence-corrected chi connectivity index (χ4v) is 4.06. The van der Waals surface area contributed by atoms with E-state index in [1.807, 2.05) is 42.5 Å². The van der Waals surface area contributed by atoms with Gasteiger partial charge in [0.05, 0.1) is 6.54 Å². The lowest BCUT2D eigenvalue weighted by Crippen LogP contribution is -2.34. The summed E-state index contributed by atoms with van der Waals surface area (Å²) in [5, 5.41) is 3.65. The van der Waals surface area contributed by atoms with Crippen LogP contribution >= 0.6 is 0 Å². The molecule has 5 rings (SSSR count). The van der Waals surface area contributed by atoms with E-state index in [1.165, 1.54) is 4.90 Å². The Kier molecular flexibility index (Phi) is 7.69. The molecule has 1 saturated heterocycles. The Morgan fingerprint density at radius 1 is 1.03 bits per heavy atom. The molecule has 200 valence electrons. The van der Waals surface area contributed by atoms with Gasteiger partial charge in [0.1, 0.15) is 25.0 Å². The number of aromatic nitrogens is 2. The number of nitrogens with two attached hydrogens (primary N) is 1. The normalized spacial score (nSPS) is 15.6. The zero-order valence-electron chi connectivity index (χ0n) is 20.8. The van der Waals surface area contributed by atoms with E-state index in [0.29, 0.717) is 35.8 Å². The van der Waals surface area contributed by atoms with Gasteiger partial charge in [0, 0.05) is 11.3 Å². The maximum Gasteiger partial charge on any atom is 0.439 e. The molecule has 1 aliphatic rings. The molecular weight excluding hydrogens is 504 g/mol. The molecule has 0 saturated carbocycles. The van der Waals surface area contributed by atoms with Crippen LogP contribution < -0.4 is 21.1 Å². The van der Waals surface area contributed by atoms with Gasteiger partial charge >= 0.3 is 17.8 Å². The summed E-state index contributed by atoms with van der Waals surface area (Å²) in [6.07, 6.45) is -0.611. The molecule has 0 spiro atoms. The molecule has 39 heavy (non-hydrogen) atoms. The third-order valence-electron chi connectivity index (χ3n) is 6.11. The summed E-state index contributed by atoms with van der Waals surface area (Å²) in [7, 11) is 0. The van der Waals surface area contributed by atoms with Crippen molar-refractivity contribution < 1.29 is 28.3 Å². The number of H-pyrrole nitrogens is 1. The fourth-order valence-electron chi connectivity index (χ4n) is 4.06. The molecule has 1 aliphatic heterocycles. The van der Waals surface area contributed by atoms with E-state index in [4.69, 9.17) is 19.9 Å². The number of nitrogens with zero attached hydrogens (tertiary/aromatic N) is 2. The molecule has 2 atom stereocenters. The van der Waals surface area contributed by atoms with Crippen molar-refractivity contribution in [1.82, 2.24) is 10.1 Å². The van der Waals surface area contributed by atoms with Crippen LogP contribution in [0.25, 0.3) is 11.4 Å². The molecule has 0 radical (unpaired) electrons. The summed E-state index contributed by atoms with van der Waals surface area (Å²) >= 11 is 0. The summed E-state index contributed by atoms with van der Waals surface area (Å²) < 4.78 is 21.1. The predicted octanol–water partition coefficient (Wildman–Crippen LogP) is 3.05. The summed E-state index contributed by atoms with van der Waals surface area (Å²) in [5.74, 6) is -0.204. The van der Waals surface area contributed by atoms with Gasteiger partial charge in [0.25, 0.3) is 0 Å². The molecule has 0 bridgehead atoms. The largest absolute Gasteiger partial charge is 0.490 e. The quantitative estimate of drug-likeness (QED) is 0.295. The summed E-state index contributed by atoms with van der Waals surface area (Å²) in [6.45, 7) is 0.668. The second-order valence-electron chi connectivity index (χ2n) is 8.97. The summed E-state index contributed by atoms with van der Waals surface area (Å²) in [4.78, 5) is 39.8. The van der Waals surface area contributed by atoms with Crippen LogP contribution in [0.5, 0.6) is 5.75 Å². The Balaban J connectivity index is 1.08. The Hall–Kier alpha value is -4.90. The van der Waals surface area contributed by atoms with Crippen LogP contribution in [0.1, 0.15) is 11.1 Å². The first-order chi connectivity index (χ1) is 18.9. The Labute approximate surface area is 223 Å². The first kappa shape index (κ1) is 25.7. The van der Waals surface area contributed by atoms with E-state index in [2.05, 4.69) is 14.7 Å². The molecule has 2 unspecified atom stereocenters. The van der Waals surface area contributed by atoms with Crippen molar-refractivity contribution in [3.63, 3.8) is 0 Å². The van der Waals surface area contributed by atoms with Gasteiger partial charge in [-0.1, -0.05) is 47.6 Å². The predicted molar refractivity (Wildman–Crippen MR) is 140 cm³/mol. The Bertz CT molecular complexity index is 1470. The second-order valence-corrected chi connectivity index (χ2v) is 8.97. The first-order valence-electron chi connectivity index (χ1n) is 12.3. The van der Waals surface area contributed by atoms with Crippen LogP contribution in [0.15, 0.2) is 88.2 Å². The van der Waals surface area contributed by atoms with E-state index < -0.39 is 30.0 Å². The average Bonchev–Trinajstić information content (AvgIpc) is 3.57. The molecule has 1 aromatic heterocycles. The van der Waals surface area contributed by atoms with E-state index in [1.54, 1.807) is 36.4 Å². The van der Waals surface area contributed by atoms with Crippen LogP contribution in [-0.4, -0.2) is 47.5 Å². The first-order valence-corrected chi connectivity index (χ1v) is 12.3. The molecule has 4 aromatic rings. The lowest BCUT2D eigenvalue weighted by atomic mass is 10.1. The number of nitrogens with one attached hydrogen (secondary N) is 1. The van der Waals surface area contributed by atoms with Crippen LogP contribution in [0.2, 0.25) is 0 Å². The maximum absolute atomic E-state index is 12.4. The van der Waals surface area contributed by atoms with E-state index >= 15 is 0 Å². The number of ether oxygens (including phenoxy) is 3. The minimum atomic E-state index is -0.781. The number of aromatic amines is 1. The smallest absolute Gasteiger partial charge is 0.439 e. The second kappa shape index (κ2) is 11.7. The number of rotatable bonds is 10. The zero-order chi connectivity index (χ0) is 27.2. The van der Waals surface area contributed by atoms with Crippen molar-refractivity contribution in [2.45, 2.75) is 25.2 Å². The van der Waals surface area contributed by atoms with Crippen molar-refractivity contribution in [3.8, 4) is 17.1 Å². The molecule has 1 amide bonds. The monoisotopic (exact) mass is 530 g/mol. The molecule has 11 heteroatoms. The van der Waals surface area contributed by atoms with Crippen LogP contribution in [-0.2, 0) is 27.3 Å². The lowest BCUT2D eigenvalue weighted by Gasteiger charge is -2.14. The number of anilines is 1. The molecule has 3 aromatic carbocycles. The van der Waals surface area contributed by atoms with Crippen molar-refractivity contribution in [2.24, 2.45) is 5.73 Å². The van der Waals surface area contributed by atoms with Gasteiger partial charge in [0.2, 0.25) is 0 Å². The number of esters is 1. The minimum absolute atomic E-state index is 0.172. The molecule has 0 aliphatic carbocycles. The highest BCUT2D eigenvalue weighted by Crippen LogP contribution is 2.25. The third kappa shape index (κ3) is 6.51. The number of hydrogen-bond donors (Lipinski definition) is 2. The highest BCUT2D eigenvalue weighted by atomic mass is 16.6. The minimum Gasteiger partial charge on any atom is -0.490 e. The standard InChI is InChI=1S/C28H26N4O7/c29-24(26(33)37-16-19-4-2-1-3-5-19)14-18-6-12-22(13-7-18)36-17-23-15-32(28(35)38-23)21-10-8-20(9-11-21)25-30-27(34)39-31-25/h1-13,23-24H,14-17,29H2,(H,30,31,34). The number of hydrogen-bond acceptors (Lipinski definition) is 9. The van der Waals surface area contributed by atoms with Crippen LogP contribution in [0, 0.1) is 0 Å². The lowest BCUT2D eigenvalue weighted by molar-refractivity contribution is -0.146. The van der Waals surface area contributed by atoms with E-state index in [-0.39, 0.29) is 13.2 Å². The summed E-state index contributed by atoms with van der Waals surface area (Å²) in [5.41, 5.74) is 9.07. The van der Waals surface area contributed by atoms with Gasteiger partial charge < -0.3 is 19.9 Å². The number of carbonyl (C=O) groups excluding carboxylic acids is 2. The van der Waals surface area contributed by atoms with Crippen molar-refractivity contribution >= 4 is 17.7 Å². The topological polar surface area (TPSA) is 150 Å². The molecule has 3 N–H and O–H groups in total. The highest BCUT2D eigenvalue weighted by molar-refractivity contribution is 5.90. The number of cyclic esters (lactones) is 1. The van der Waals surface area contributed by atoms with Crippen LogP contribution in [0.3, 0.4) is 0 Å². The van der Waals surface area contributed by atoms with Crippen molar-refractivity contribution in [3.05, 3.63) is 101 Å². The fraction of sp³-hybridized carbons (Fsp3) is 0.214. The van der Waals surface area contributed by atoms with Gasteiger partial charge in [-0.15, -0.1) is 0 Å². The number of carbonyl (C=O) groups is 2.